The number of nitrogens with one attached hydrogen (secondary N) is 6. The third-order valence-electron chi connectivity index (χ3n) is 10.2. The zero-order valence-corrected chi connectivity index (χ0v) is 36.0. The van der Waals surface area contributed by atoms with Gasteiger partial charge in [0.1, 0.15) is 23.7 Å². The van der Waals surface area contributed by atoms with Gasteiger partial charge in [0.2, 0.25) is 23.6 Å². The van der Waals surface area contributed by atoms with Gasteiger partial charge in [-0.3, -0.25) is 19.2 Å². The monoisotopic (exact) mass is 838 g/mol. The molecule has 0 radical (unpaired) electrons. The zero-order valence-electron chi connectivity index (χ0n) is 36.0. The molecule has 8 N–H and O–H groups in total. The first-order chi connectivity index (χ1) is 29.1. The molecule has 0 fully saturated rings. The number of urea groups is 1. The minimum Gasteiger partial charge on any atom is -0.444 e. The number of carbonyl (C=O) groups is 6. The smallest absolute Gasteiger partial charge is 0.408 e. The number of H-pyrrole nitrogens is 1. The number of nitrogens with two attached hydrogens (primary N) is 1. The first-order valence-corrected chi connectivity index (χ1v) is 20.9. The summed E-state index contributed by atoms with van der Waals surface area (Å²) in [6.07, 6.45) is 4.68. The predicted molar refractivity (Wildman–Crippen MR) is 237 cm³/mol. The van der Waals surface area contributed by atoms with Crippen LogP contribution in [0, 0.1) is 6.92 Å². The van der Waals surface area contributed by atoms with Crippen molar-refractivity contribution in [1.29, 1.82) is 0 Å². The number of aromatic amines is 1. The Kier molecular flexibility index (Phi) is 18.2. The Bertz CT molecular complexity index is 2080. The summed E-state index contributed by atoms with van der Waals surface area (Å²) in [5.41, 5.74) is 9.06. The van der Waals surface area contributed by atoms with Gasteiger partial charge in [0.15, 0.2) is 0 Å². The highest BCUT2D eigenvalue weighted by atomic mass is 16.6. The van der Waals surface area contributed by atoms with Crippen molar-refractivity contribution in [2.24, 2.45) is 5.73 Å². The van der Waals surface area contributed by atoms with Crippen LogP contribution in [0.3, 0.4) is 0 Å². The Labute approximate surface area is 358 Å². The van der Waals surface area contributed by atoms with Crippen molar-refractivity contribution in [3.63, 3.8) is 0 Å². The average Bonchev–Trinajstić information content (AvgIpc) is 3.62. The number of unbranched alkanes of at least 4 members (excludes halogenated alkanes) is 3. The minimum atomic E-state index is -1.08. The Morgan fingerprint density at radius 1 is 0.754 bits per heavy atom. The number of rotatable bonds is 22. The van der Waals surface area contributed by atoms with Crippen LogP contribution in [0.4, 0.5) is 15.3 Å². The highest BCUT2D eigenvalue weighted by Crippen LogP contribution is 2.20. The fourth-order valence-corrected chi connectivity index (χ4v) is 6.80. The molecule has 0 aliphatic carbocycles. The van der Waals surface area contributed by atoms with E-state index in [1.807, 2.05) is 85.8 Å². The molecule has 1 heterocycles. The number of hydrogen-bond donors (Lipinski definition) is 7. The van der Waals surface area contributed by atoms with E-state index >= 15 is 0 Å². The van der Waals surface area contributed by atoms with Crippen molar-refractivity contribution in [1.82, 2.24) is 31.2 Å². The number of fused-ring (bicyclic) bond motifs is 1. The Morgan fingerprint density at radius 2 is 1.43 bits per heavy atom. The lowest BCUT2D eigenvalue weighted by Gasteiger charge is -2.26. The molecule has 61 heavy (non-hydrogen) atoms. The molecule has 0 aliphatic heterocycles. The number of aryl methyl sites for hydroxylation is 1. The number of amides is 7. The molecule has 3 atom stereocenters. The largest absolute Gasteiger partial charge is 0.444 e. The molecule has 4 rings (SSSR count). The van der Waals surface area contributed by atoms with Gasteiger partial charge < -0.3 is 46.9 Å². The van der Waals surface area contributed by atoms with Gasteiger partial charge in [0, 0.05) is 62.2 Å². The fourth-order valence-electron chi connectivity index (χ4n) is 6.80. The SMILES string of the molecule is Cc1ccccc1NC(=O)NCCCC[C@H](NC(=O)[C@H](Cc1c[nH]c2ccccc12)NC(=O)OC(C)(C)C)C(=O)NCCCCCC(=O)N(C)[C@@H](Cc1ccccc1)C(N)=O. The number of alkyl carbamates (subject to hydrolysis) is 1. The quantitative estimate of drug-likeness (QED) is 0.0496. The van der Waals surface area contributed by atoms with Gasteiger partial charge in [-0.2, -0.15) is 0 Å². The standard InChI is InChI=1S/C46H62N8O7/c1-31-18-11-13-22-35(31)52-44(59)49-27-17-15-24-37(42(57)48-26-16-7-10-25-40(55)54(5)39(41(47)56)28-32-19-8-6-9-20-32)51-43(58)38(53-45(60)61-46(2,3)4)29-33-30-50-36-23-14-12-21-34(33)36/h6,8-9,11-14,18-23,30,37-39,50H,7,10,15-17,24-29H2,1-5H3,(H2,47,56)(H,48,57)(H,51,58)(H,53,60)(H2,49,52,59)/t37-,38-,39-/m0/s1. The van der Waals surface area contributed by atoms with E-state index in [-0.39, 0.29) is 31.2 Å². The molecular weight excluding hydrogens is 777 g/mol. The van der Waals surface area contributed by atoms with Gasteiger partial charge in [-0.15, -0.1) is 0 Å². The molecule has 0 saturated heterocycles. The molecule has 0 saturated carbocycles. The maximum absolute atomic E-state index is 14.0. The molecule has 0 unspecified atom stereocenters. The highest BCUT2D eigenvalue weighted by molar-refractivity contribution is 5.93. The average molecular weight is 839 g/mol. The third-order valence-corrected chi connectivity index (χ3v) is 10.2. The Hall–Kier alpha value is -6.38. The molecule has 15 nitrogen and oxygen atoms in total. The van der Waals surface area contributed by atoms with Crippen LogP contribution in [0.15, 0.2) is 85.1 Å². The van der Waals surface area contributed by atoms with Crippen molar-refractivity contribution in [2.45, 2.75) is 109 Å². The van der Waals surface area contributed by atoms with E-state index in [0.717, 1.165) is 27.6 Å². The van der Waals surface area contributed by atoms with Crippen molar-refractivity contribution < 1.29 is 33.5 Å². The van der Waals surface area contributed by atoms with E-state index < -0.39 is 47.5 Å². The van der Waals surface area contributed by atoms with Crippen LogP contribution in [-0.4, -0.2) is 89.5 Å². The lowest BCUT2D eigenvalue weighted by Crippen LogP contribution is -2.55. The van der Waals surface area contributed by atoms with Crippen LogP contribution in [-0.2, 0) is 36.8 Å². The van der Waals surface area contributed by atoms with Gasteiger partial charge in [0.25, 0.3) is 0 Å². The number of likely N-dealkylation sites (N-methyl/N-ethyl adjacent to an activating group) is 1. The molecule has 328 valence electrons. The number of hydrogen-bond acceptors (Lipinski definition) is 7. The van der Waals surface area contributed by atoms with Gasteiger partial charge in [-0.25, -0.2) is 9.59 Å². The van der Waals surface area contributed by atoms with E-state index in [2.05, 4.69) is 31.6 Å². The maximum atomic E-state index is 14.0. The summed E-state index contributed by atoms with van der Waals surface area (Å²) in [5, 5.41) is 15.1. The first-order valence-electron chi connectivity index (χ1n) is 20.9. The highest BCUT2D eigenvalue weighted by Gasteiger charge is 2.30. The summed E-state index contributed by atoms with van der Waals surface area (Å²) in [7, 11) is 1.58. The van der Waals surface area contributed by atoms with E-state index in [1.165, 1.54) is 4.90 Å². The summed E-state index contributed by atoms with van der Waals surface area (Å²) >= 11 is 0. The molecule has 4 aromatic rings. The summed E-state index contributed by atoms with van der Waals surface area (Å²) in [6, 6.07) is 21.3. The van der Waals surface area contributed by atoms with E-state index in [0.29, 0.717) is 57.3 Å². The van der Waals surface area contributed by atoms with Crippen LogP contribution in [0.25, 0.3) is 10.9 Å². The van der Waals surface area contributed by atoms with Crippen LogP contribution in [0.2, 0.25) is 0 Å². The molecule has 0 bridgehead atoms. The lowest BCUT2D eigenvalue weighted by molar-refractivity contribution is -0.137. The van der Waals surface area contributed by atoms with Gasteiger partial charge in [-0.1, -0.05) is 73.2 Å². The topological polar surface area (TPSA) is 217 Å². The number of carbonyl (C=O) groups excluding carboxylic acids is 6. The first kappa shape index (κ1) is 47.3. The molecular formula is C46H62N8O7. The Morgan fingerprint density at radius 3 is 2.15 bits per heavy atom. The van der Waals surface area contributed by atoms with Crippen LogP contribution in [0.5, 0.6) is 0 Å². The number of benzene rings is 3. The summed E-state index contributed by atoms with van der Waals surface area (Å²) < 4.78 is 5.49. The van der Waals surface area contributed by atoms with Crippen LogP contribution < -0.4 is 32.3 Å². The molecule has 3 aromatic carbocycles. The third kappa shape index (κ3) is 16.0. The van der Waals surface area contributed by atoms with Gasteiger partial charge in [-0.05, 0) is 88.6 Å². The van der Waals surface area contributed by atoms with E-state index in [4.69, 9.17) is 10.5 Å². The predicted octanol–water partition coefficient (Wildman–Crippen LogP) is 5.62. The Balaban J connectivity index is 1.35. The second-order valence-electron chi connectivity index (χ2n) is 16.2. The molecule has 15 heteroatoms. The van der Waals surface area contributed by atoms with Crippen molar-refractivity contribution in [2.75, 3.05) is 25.5 Å². The number of nitrogens with zero attached hydrogens (tertiary/aromatic N) is 1. The van der Waals surface area contributed by atoms with Gasteiger partial charge in [0.05, 0.1) is 0 Å². The van der Waals surface area contributed by atoms with Crippen molar-refractivity contribution >= 4 is 52.3 Å². The zero-order chi connectivity index (χ0) is 44.4. The normalized spacial score (nSPS) is 12.7. The number of primary amides is 1. The molecule has 0 spiro atoms. The lowest BCUT2D eigenvalue weighted by atomic mass is 10.0. The molecule has 1 aromatic heterocycles. The van der Waals surface area contributed by atoms with Crippen molar-refractivity contribution in [3.05, 3.63) is 102 Å². The summed E-state index contributed by atoms with van der Waals surface area (Å²) in [5.74, 6) is -1.73. The van der Waals surface area contributed by atoms with E-state index in [1.54, 1.807) is 34.0 Å². The number of para-hydroxylation sites is 2. The second kappa shape index (κ2) is 23.4. The van der Waals surface area contributed by atoms with E-state index in [9.17, 15) is 28.8 Å². The molecule has 7 amide bonds. The van der Waals surface area contributed by atoms with Crippen molar-refractivity contribution in [3.8, 4) is 0 Å². The molecule has 0 aliphatic rings. The fraction of sp³-hybridized carbons (Fsp3) is 0.435. The minimum absolute atomic E-state index is 0.129. The summed E-state index contributed by atoms with van der Waals surface area (Å²) in [6.45, 7) is 7.72. The van der Waals surface area contributed by atoms with Crippen LogP contribution >= 0.6 is 0 Å². The number of anilines is 1. The summed E-state index contributed by atoms with van der Waals surface area (Å²) in [4.78, 5) is 83.1. The van der Waals surface area contributed by atoms with Crippen LogP contribution in [0.1, 0.15) is 82.4 Å². The maximum Gasteiger partial charge on any atom is 0.408 e. The number of ether oxygens (including phenoxy) is 1. The van der Waals surface area contributed by atoms with Gasteiger partial charge >= 0.3 is 12.1 Å². The second-order valence-corrected chi connectivity index (χ2v) is 16.2. The number of aromatic nitrogens is 1.